The molecule has 0 spiro atoms. The van der Waals surface area contributed by atoms with Gasteiger partial charge in [-0.05, 0) is 13.8 Å². The topological polar surface area (TPSA) is 22.8 Å². The van der Waals surface area contributed by atoms with Crippen LogP contribution in [0.4, 0.5) is 0 Å². The highest BCUT2D eigenvalue weighted by atomic mass is 16.7. The minimum atomic E-state index is -0.174. The fourth-order valence-electron chi connectivity index (χ4n) is 0.547. The van der Waals surface area contributed by atoms with Gasteiger partial charge >= 0.3 is 0 Å². The van der Waals surface area contributed by atoms with Crippen LogP contribution in [0.2, 0.25) is 0 Å². The minimum Gasteiger partial charge on any atom is -0.353 e. The molecule has 0 bridgehead atoms. The van der Waals surface area contributed by atoms with E-state index < -0.39 is 0 Å². The highest BCUT2D eigenvalue weighted by Crippen LogP contribution is 1.91. The van der Waals surface area contributed by atoms with Crippen LogP contribution >= 0.6 is 0 Å². The normalized spacial score (nSPS) is 12.5. The predicted molar refractivity (Wildman–Crippen MR) is 38.5 cm³/mol. The van der Waals surface area contributed by atoms with Gasteiger partial charge in [0.25, 0.3) is 0 Å². The van der Waals surface area contributed by atoms with E-state index >= 15 is 0 Å². The zero-order valence-corrected chi connectivity index (χ0v) is 6.46. The molecule has 1 atom stereocenters. The highest BCUT2D eigenvalue weighted by Gasteiger charge is 1.99. The molecule has 0 aromatic heterocycles. The molecule has 3 nitrogen and oxygen atoms in total. The molecule has 0 N–H and O–H groups in total. The van der Waals surface area contributed by atoms with Gasteiger partial charge in [-0.1, -0.05) is 0 Å². The summed E-state index contributed by atoms with van der Waals surface area (Å²) < 4.78 is 10.2. The van der Waals surface area contributed by atoms with E-state index in [4.69, 9.17) is 16.0 Å². The average molecular weight is 143 g/mol. The third-order valence-electron chi connectivity index (χ3n) is 0.957. The lowest BCUT2D eigenvalue weighted by Crippen LogP contribution is -2.14. The van der Waals surface area contributed by atoms with Crippen LogP contribution in [-0.2, 0) is 9.47 Å². The zero-order chi connectivity index (χ0) is 7.82. The molecular formula is C7H13NO2. The smallest absolute Gasteiger partial charge is 0.237 e. The highest BCUT2D eigenvalue weighted by molar-refractivity contribution is 4.55. The number of rotatable bonds is 5. The zero-order valence-electron chi connectivity index (χ0n) is 6.46. The van der Waals surface area contributed by atoms with Gasteiger partial charge < -0.3 is 14.3 Å². The molecule has 0 aromatic carbocycles. The van der Waals surface area contributed by atoms with Gasteiger partial charge in [-0.15, -0.1) is 0 Å². The third kappa shape index (κ3) is 5.54. The summed E-state index contributed by atoms with van der Waals surface area (Å²) in [6.07, 6.45) is -0.174. The van der Waals surface area contributed by atoms with Crippen LogP contribution in [0.25, 0.3) is 4.85 Å². The number of hydrogen-bond acceptors (Lipinski definition) is 2. The second-order valence-corrected chi connectivity index (χ2v) is 1.78. The molecule has 1 unspecified atom stereocenters. The molecule has 0 aliphatic rings. The summed E-state index contributed by atoms with van der Waals surface area (Å²) in [5.41, 5.74) is 0. The maximum atomic E-state index is 6.45. The van der Waals surface area contributed by atoms with Crippen LogP contribution < -0.4 is 0 Å². The molecule has 0 radical (unpaired) electrons. The van der Waals surface area contributed by atoms with Crippen LogP contribution in [0, 0.1) is 6.57 Å². The third-order valence-corrected chi connectivity index (χ3v) is 0.957. The van der Waals surface area contributed by atoms with E-state index in [1.54, 1.807) is 0 Å². The summed E-state index contributed by atoms with van der Waals surface area (Å²) in [4.78, 5) is 3.14. The fourth-order valence-corrected chi connectivity index (χ4v) is 0.547. The average Bonchev–Trinajstić information content (AvgIpc) is 1.89. The molecule has 0 rings (SSSR count). The second kappa shape index (κ2) is 6.53. The van der Waals surface area contributed by atoms with Crippen LogP contribution in [0.15, 0.2) is 0 Å². The first-order valence-corrected chi connectivity index (χ1v) is 3.37. The van der Waals surface area contributed by atoms with E-state index in [2.05, 4.69) is 4.85 Å². The van der Waals surface area contributed by atoms with Crippen molar-refractivity contribution >= 4 is 0 Å². The number of ether oxygens (including phenoxy) is 2. The van der Waals surface area contributed by atoms with Gasteiger partial charge in [-0.25, -0.2) is 6.57 Å². The SMILES string of the molecule is [C-]#[N+]CCOC(C)OCC. The van der Waals surface area contributed by atoms with E-state index in [9.17, 15) is 0 Å². The Morgan fingerprint density at radius 2 is 2.20 bits per heavy atom. The molecule has 10 heavy (non-hydrogen) atoms. The van der Waals surface area contributed by atoms with Crippen molar-refractivity contribution in [2.45, 2.75) is 20.1 Å². The summed E-state index contributed by atoms with van der Waals surface area (Å²) in [6.45, 7) is 11.7. The Hall–Kier alpha value is -0.590. The molecule has 0 aliphatic heterocycles. The molecule has 0 amide bonds. The van der Waals surface area contributed by atoms with Gasteiger partial charge in [-0.2, -0.15) is 0 Å². The molecule has 0 heterocycles. The van der Waals surface area contributed by atoms with Crippen molar-refractivity contribution in [3.63, 3.8) is 0 Å². The first kappa shape index (κ1) is 9.41. The van der Waals surface area contributed by atoms with E-state index in [-0.39, 0.29) is 6.29 Å². The van der Waals surface area contributed by atoms with Crippen molar-refractivity contribution in [3.8, 4) is 0 Å². The molecule has 0 saturated heterocycles. The number of hydrogen-bond donors (Lipinski definition) is 0. The Bertz CT molecular complexity index is 109. The van der Waals surface area contributed by atoms with Crippen molar-refractivity contribution in [3.05, 3.63) is 11.4 Å². The van der Waals surface area contributed by atoms with E-state index in [0.29, 0.717) is 19.8 Å². The summed E-state index contributed by atoms with van der Waals surface area (Å²) in [5, 5.41) is 0. The minimum absolute atomic E-state index is 0.174. The van der Waals surface area contributed by atoms with Crippen molar-refractivity contribution in [2.24, 2.45) is 0 Å². The predicted octanol–water partition coefficient (Wildman–Crippen LogP) is 1.30. The maximum Gasteiger partial charge on any atom is 0.237 e. The maximum absolute atomic E-state index is 6.45. The van der Waals surface area contributed by atoms with Crippen molar-refractivity contribution in [1.82, 2.24) is 0 Å². The van der Waals surface area contributed by atoms with Gasteiger partial charge in [0, 0.05) is 6.61 Å². The summed E-state index contributed by atoms with van der Waals surface area (Å²) in [6, 6.07) is 0. The van der Waals surface area contributed by atoms with Crippen LogP contribution in [0.5, 0.6) is 0 Å². The lowest BCUT2D eigenvalue weighted by Gasteiger charge is -2.09. The van der Waals surface area contributed by atoms with Gasteiger partial charge in [0.2, 0.25) is 6.54 Å². The largest absolute Gasteiger partial charge is 0.353 e. The van der Waals surface area contributed by atoms with Gasteiger partial charge in [0.15, 0.2) is 6.29 Å². The Balaban J connectivity index is 3.06. The molecule has 0 saturated carbocycles. The van der Waals surface area contributed by atoms with Gasteiger partial charge in [0.1, 0.15) is 6.61 Å². The lowest BCUT2D eigenvalue weighted by atomic mass is 10.7. The van der Waals surface area contributed by atoms with E-state index in [0.717, 1.165) is 0 Å². The first-order valence-electron chi connectivity index (χ1n) is 3.37. The molecule has 3 heteroatoms. The Kier molecular flexibility index (Phi) is 6.14. The van der Waals surface area contributed by atoms with Crippen molar-refractivity contribution in [2.75, 3.05) is 19.8 Å². The van der Waals surface area contributed by atoms with Crippen molar-refractivity contribution in [1.29, 1.82) is 0 Å². The summed E-state index contributed by atoms with van der Waals surface area (Å²) >= 11 is 0. The monoisotopic (exact) mass is 143 g/mol. The fraction of sp³-hybridized carbons (Fsp3) is 0.857. The van der Waals surface area contributed by atoms with Crippen LogP contribution in [0.3, 0.4) is 0 Å². The van der Waals surface area contributed by atoms with Gasteiger partial charge in [-0.3, -0.25) is 0 Å². The molecule has 58 valence electrons. The van der Waals surface area contributed by atoms with E-state index in [1.165, 1.54) is 0 Å². The Morgan fingerprint density at radius 1 is 1.50 bits per heavy atom. The second-order valence-electron chi connectivity index (χ2n) is 1.78. The lowest BCUT2D eigenvalue weighted by molar-refractivity contribution is -0.123. The standard InChI is InChI=1S/C7H13NO2/c1-4-9-7(2)10-6-5-8-3/h7H,4-6H2,1-2H3. The van der Waals surface area contributed by atoms with Gasteiger partial charge in [0.05, 0.1) is 0 Å². The summed E-state index contributed by atoms with van der Waals surface area (Å²) in [5.74, 6) is 0. The van der Waals surface area contributed by atoms with E-state index in [1.807, 2.05) is 13.8 Å². The molecule has 0 fully saturated rings. The Morgan fingerprint density at radius 3 is 2.70 bits per heavy atom. The number of nitrogens with zero attached hydrogens (tertiary/aromatic N) is 1. The van der Waals surface area contributed by atoms with Crippen molar-refractivity contribution < 1.29 is 9.47 Å². The Labute approximate surface area is 61.8 Å². The quantitative estimate of drug-likeness (QED) is 0.329. The molecule has 0 aromatic rings. The molecular weight excluding hydrogens is 130 g/mol. The van der Waals surface area contributed by atoms with Crippen LogP contribution in [-0.4, -0.2) is 26.0 Å². The first-order chi connectivity index (χ1) is 4.81. The molecule has 0 aliphatic carbocycles. The summed E-state index contributed by atoms with van der Waals surface area (Å²) in [7, 11) is 0. The van der Waals surface area contributed by atoms with Crippen LogP contribution in [0.1, 0.15) is 13.8 Å².